The molecule has 0 saturated heterocycles. The molecule has 0 aliphatic heterocycles. The van der Waals surface area contributed by atoms with Crippen LogP contribution in [0.5, 0.6) is 0 Å². The zero-order valence-electron chi connectivity index (χ0n) is 35.9. The predicted octanol–water partition coefficient (Wildman–Crippen LogP) is 15.9. The van der Waals surface area contributed by atoms with E-state index >= 15 is 0 Å². The van der Waals surface area contributed by atoms with Gasteiger partial charge in [0.05, 0.1) is 22.0 Å². The first kappa shape index (κ1) is 36.4. The zero-order chi connectivity index (χ0) is 42.8. The molecular weight excluding hydrogens is 789 g/mol. The number of fused-ring (bicyclic) bond motifs is 12. The summed E-state index contributed by atoms with van der Waals surface area (Å²) >= 11 is 0. The van der Waals surface area contributed by atoms with Crippen molar-refractivity contribution in [1.82, 2.24) is 9.13 Å². The van der Waals surface area contributed by atoms with Crippen LogP contribution in [0.4, 0.5) is 0 Å². The maximum atomic E-state index is 6.24. The summed E-state index contributed by atoms with van der Waals surface area (Å²) in [5.41, 5.74) is 20.2. The van der Waals surface area contributed by atoms with E-state index < -0.39 is 5.41 Å². The van der Waals surface area contributed by atoms with Crippen molar-refractivity contribution in [3.8, 4) is 33.6 Å². The van der Waals surface area contributed by atoms with Gasteiger partial charge in [-0.3, -0.25) is 0 Å². The number of benzene rings is 9. The summed E-state index contributed by atoms with van der Waals surface area (Å²) in [4.78, 5) is 0. The molecule has 2 aliphatic carbocycles. The van der Waals surface area contributed by atoms with Gasteiger partial charge in [-0.1, -0.05) is 159 Å². The van der Waals surface area contributed by atoms with Crippen LogP contribution in [0.1, 0.15) is 40.4 Å². The fraction of sp³-hybridized carbons (Fsp3) is 0.0645. The van der Waals surface area contributed by atoms with Gasteiger partial charge < -0.3 is 13.6 Å². The summed E-state index contributed by atoms with van der Waals surface area (Å²) in [5.74, 6) is 0.456. The van der Waals surface area contributed by atoms with Gasteiger partial charge in [0.2, 0.25) is 0 Å². The highest BCUT2D eigenvalue weighted by atomic mass is 16.3. The van der Waals surface area contributed by atoms with Crippen LogP contribution in [0.25, 0.3) is 94.4 Å². The first-order valence-electron chi connectivity index (χ1n) is 22.8. The lowest BCUT2D eigenvalue weighted by molar-refractivity contribution is 0.668. The van der Waals surface area contributed by atoms with Gasteiger partial charge in [0.1, 0.15) is 11.2 Å². The van der Waals surface area contributed by atoms with E-state index in [0.717, 1.165) is 34.0 Å². The van der Waals surface area contributed by atoms with Crippen molar-refractivity contribution >= 4 is 60.7 Å². The Hall–Kier alpha value is -8.14. The van der Waals surface area contributed by atoms with Gasteiger partial charge in [0, 0.05) is 49.6 Å². The Labute approximate surface area is 376 Å². The molecule has 65 heavy (non-hydrogen) atoms. The van der Waals surface area contributed by atoms with Gasteiger partial charge in [0.15, 0.2) is 0 Å². The van der Waals surface area contributed by atoms with Crippen LogP contribution in [0.3, 0.4) is 0 Å². The van der Waals surface area contributed by atoms with Crippen molar-refractivity contribution in [1.29, 1.82) is 0 Å². The number of rotatable bonds is 5. The molecule has 0 N–H and O–H groups in total. The average Bonchev–Trinajstić information content (AvgIpc) is 4.09. The van der Waals surface area contributed by atoms with Crippen LogP contribution in [-0.4, -0.2) is 9.13 Å². The maximum absolute atomic E-state index is 6.24. The van der Waals surface area contributed by atoms with Crippen LogP contribution in [0.2, 0.25) is 0 Å². The second-order valence-electron chi connectivity index (χ2n) is 18.1. The summed E-state index contributed by atoms with van der Waals surface area (Å²) in [6.07, 6.45) is 5.71. The van der Waals surface area contributed by atoms with Crippen molar-refractivity contribution in [2.45, 2.75) is 18.8 Å². The van der Waals surface area contributed by atoms with Crippen LogP contribution in [0.15, 0.2) is 217 Å². The van der Waals surface area contributed by atoms with Crippen molar-refractivity contribution in [3.05, 3.63) is 246 Å². The number of nitrogens with zero attached hydrogens (tertiary/aromatic N) is 2. The highest BCUT2D eigenvalue weighted by Crippen LogP contribution is 2.56. The number of furan rings is 1. The van der Waals surface area contributed by atoms with Crippen molar-refractivity contribution in [2.24, 2.45) is 5.92 Å². The van der Waals surface area contributed by atoms with Crippen LogP contribution < -0.4 is 0 Å². The molecule has 0 radical (unpaired) electrons. The molecule has 2 aliphatic rings. The normalized spacial score (nSPS) is 15.0. The number of hydrogen-bond acceptors (Lipinski definition) is 1. The van der Waals surface area contributed by atoms with Gasteiger partial charge in [-0.2, -0.15) is 0 Å². The molecule has 3 aromatic heterocycles. The minimum absolute atomic E-state index is 0.456. The zero-order valence-corrected chi connectivity index (χ0v) is 35.9. The molecule has 3 nitrogen and oxygen atoms in total. The summed E-state index contributed by atoms with van der Waals surface area (Å²) in [6, 6.07) is 76.3. The van der Waals surface area contributed by atoms with Gasteiger partial charge in [-0.15, -0.1) is 0 Å². The minimum atomic E-state index is -0.471. The molecule has 9 aromatic carbocycles. The molecule has 0 amide bonds. The van der Waals surface area contributed by atoms with E-state index in [1.807, 2.05) is 6.07 Å². The summed E-state index contributed by atoms with van der Waals surface area (Å²) in [6.45, 7) is 2.32. The largest absolute Gasteiger partial charge is 0.456 e. The molecule has 12 aromatic rings. The van der Waals surface area contributed by atoms with E-state index in [1.165, 1.54) is 94.2 Å². The third kappa shape index (κ3) is 5.12. The SMILES string of the molecule is CC1C=Cc2c(n(-c3ccc4oc5ccccc5c4c3)c3ccc(-c4ccc5c(c4)c4ccccc4n5-c4ccc5c(c4)C(c4ccccc4)(c4ccccc4)c4ccccc4-5)cc23)C1. The number of allylic oxidation sites excluding steroid dienone is 1. The first-order valence-corrected chi connectivity index (χ1v) is 22.8. The highest BCUT2D eigenvalue weighted by molar-refractivity contribution is 6.11. The molecule has 306 valence electrons. The second-order valence-corrected chi connectivity index (χ2v) is 18.1. The predicted molar refractivity (Wildman–Crippen MR) is 270 cm³/mol. The Kier molecular flexibility index (Phi) is 7.65. The average molecular weight is 831 g/mol. The van der Waals surface area contributed by atoms with E-state index in [1.54, 1.807) is 0 Å². The third-order valence-electron chi connectivity index (χ3n) is 14.5. The topological polar surface area (TPSA) is 23.0 Å². The van der Waals surface area contributed by atoms with Crippen LogP contribution in [0, 0.1) is 5.92 Å². The minimum Gasteiger partial charge on any atom is -0.456 e. The quantitative estimate of drug-likeness (QED) is 0.169. The van der Waals surface area contributed by atoms with E-state index in [2.05, 4.69) is 228 Å². The lowest BCUT2D eigenvalue weighted by atomic mass is 9.67. The molecular formula is C62H42N2O. The van der Waals surface area contributed by atoms with E-state index in [4.69, 9.17) is 4.42 Å². The highest BCUT2D eigenvalue weighted by Gasteiger charge is 2.46. The fourth-order valence-corrected chi connectivity index (χ4v) is 11.7. The van der Waals surface area contributed by atoms with Crippen molar-refractivity contribution < 1.29 is 4.42 Å². The number of para-hydroxylation sites is 2. The molecule has 0 fully saturated rings. The van der Waals surface area contributed by atoms with Crippen LogP contribution in [-0.2, 0) is 11.8 Å². The molecule has 14 rings (SSSR count). The molecule has 0 bridgehead atoms. The standard InChI is InChI=1S/C62H42N2O/c1-39-24-29-49-52-36-41(26-32-58(52)64(59(49)34-39)44-28-33-61-53(37-44)50-20-10-13-23-60(50)65-61)40-25-31-57-51(35-40)48-19-9-12-22-56(48)63(57)45-27-30-47-46-18-8-11-21-54(46)62(55(47)38-45,42-14-4-2-5-15-42)43-16-6-3-7-17-43/h2-33,35-39H,34H2,1H3. The molecule has 3 heteroatoms. The second kappa shape index (κ2) is 13.7. The molecule has 1 atom stereocenters. The Balaban J connectivity index is 0.937. The van der Waals surface area contributed by atoms with E-state index in [9.17, 15) is 0 Å². The molecule has 1 unspecified atom stereocenters. The van der Waals surface area contributed by atoms with Gasteiger partial charge >= 0.3 is 0 Å². The first-order chi connectivity index (χ1) is 32.1. The fourth-order valence-electron chi connectivity index (χ4n) is 11.7. The van der Waals surface area contributed by atoms with Crippen molar-refractivity contribution in [2.75, 3.05) is 0 Å². The number of hydrogen-bond donors (Lipinski definition) is 0. The van der Waals surface area contributed by atoms with Gasteiger partial charge in [-0.25, -0.2) is 0 Å². The van der Waals surface area contributed by atoms with Crippen LogP contribution >= 0.6 is 0 Å². The number of aromatic nitrogens is 2. The molecule has 3 heterocycles. The lowest BCUT2D eigenvalue weighted by Gasteiger charge is -2.34. The molecule has 0 saturated carbocycles. The Bertz CT molecular complexity index is 3900. The lowest BCUT2D eigenvalue weighted by Crippen LogP contribution is -2.28. The smallest absolute Gasteiger partial charge is 0.135 e. The Morgan fingerprint density at radius 3 is 1.85 bits per heavy atom. The van der Waals surface area contributed by atoms with Gasteiger partial charge in [0.25, 0.3) is 0 Å². The summed E-state index contributed by atoms with van der Waals surface area (Å²) < 4.78 is 11.2. The van der Waals surface area contributed by atoms with E-state index in [0.29, 0.717) is 5.92 Å². The Morgan fingerprint density at radius 2 is 1.05 bits per heavy atom. The Morgan fingerprint density at radius 1 is 0.446 bits per heavy atom. The third-order valence-corrected chi connectivity index (χ3v) is 14.5. The van der Waals surface area contributed by atoms with Crippen molar-refractivity contribution in [3.63, 3.8) is 0 Å². The summed E-state index contributed by atoms with van der Waals surface area (Å²) in [5, 5.41) is 6.06. The van der Waals surface area contributed by atoms with Gasteiger partial charge in [-0.05, 0) is 124 Å². The molecule has 0 spiro atoms. The van der Waals surface area contributed by atoms with E-state index in [-0.39, 0.29) is 0 Å². The summed E-state index contributed by atoms with van der Waals surface area (Å²) in [7, 11) is 0. The monoisotopic (exact) mass is 830 g/mol. The maximum Gasteiger partial charge on any atom is 0.135 e.